The smallest absolute Gasteiger partial charge is 0.126 e. The van der Waals surface area contributed by atoms with Crippen LogP contribution >= 0.6 is 0 Å². The van der Waals surface area contributed by atoms with E-state index in [0.717, 1.165) is 46.7 Å². The molecule has 0 saturated heterocycles. The molecule has 140 valence electrons. The molecule has 5 nitrogen and oxygen atoms in total. The lowest BCUT2D eigenvalue weighted by Gasteiger charge is -2.12. The van der Waals surface area contributed by atoms with Crippen molar-refractivity contribution in [2.24, 2.45) is 0 Å². The van der Waals surface area contributed by atoms with E-state index in [4.69, 9.17) is 15.6 Å². The third kappa shape index (κ3) is 3.32. The van der Waals surface area contributed by atoms with Gasteiger partial charge in [0.25, 0.3) is 0 Å². The zero-order valence-electron chi connectivity index (χ0n) is 15.8. The van der Waals surface area contributed by atoms with E-state index >= 15 is 0 Å². The molecule has 1 atom stereocenters. The van der Waals surface area contributed by atoms with Gasteiger partial charge >= 0.3 is 0 Å². The van der Waals surface area contributed by atoms with Crippen molar-refractivity contribution >= 4 is 5.82 Å². The predicted molar refractivity (Wildman–Crippen MR) is 103 cm³/mol. The summed E-state index contributed by atoms with van der Waals surface area (Å²) in [6.07, 6.45) is 1.62. The van der Waals surface area contributed by atoms with Crippen LogP contribution in [0.5, 0.6) is 0 Å². The Morgan fingerprint density at radius 3 is 2.78 bits per heavy atom. The van der Waals surface area contributed by atoms with Gasteiger partial charge in [-0.25, -0.2) is 14.1 Å². The van der Waals surface area contributed by atoms with Gasteiger partial charge in [0.15, 0.2) is 0 Å². The van der Waals surface area contributed by atoms with Crippen molar-refractivity contribution < 1.29 is 9.13 Å². The number of anilines is 1. The molecule has 1 aliphatic rings. The van der Waals surface area contributed by atoms with E-state index < -0.39 is 0 Å². The SMILES string of the molecule is Cc1cc(-c2nn(-c3ccc(F)c(C)c3)c3c2CCO[C@H](C)C3)cc(N)n1. The zero-order chi connectivity index (χ0) is 19.1. The standard InChI is InChI=1S/C21H23FN4O/c1-12-8-16(4-5-18(12)22)26-19-10-14(3)27-7-6-17(19)21(25-26)15-9-13(2)24-20(23)11-15/h4-5,8-9,11,14H,6-7,10H2,1-3H3,(H2,23,24)/t14-/m1/s1. The van der Waals surface area contributed by atoms with Gasteiger partial charge in [-0.15, -0.1) is 0 Å². The molecule has 2 aromatic heterocycles. The molecule has 0 aliphatic carbocycles. The highest BCUT2D eigenvalue weighted by Gasteiger charge is 2.25. The second kappa shape index (κ2) is 6.78. The number of nitrogens with two attached hydrogens (primary N) is 1. The third-order valence-corrected chi connectivity index (χ3v) is 4.96. The summed E-state index contributed by atoms with van der Waals surface area (Å²) in [5.41, 5.74) is 12.4. The Hall–Kier alpha value is -2.73. The first-order chi connectivity index (χ1) is 12.9. The molecule has 0 unspecified atom stereocenters. The molecular formula is C21H23FN4O. The first-order valence-electron chi connectivity index (χ1n) is 9.16. The number of halogens is 1. The summed E-state index contributed by atoms with van der Waals surface area (Å²) in [7, 11) is 0. The molecular weight excluding hydrogens is 343 g/mol. The van der Waals surface area contributed by atoms with Crippen LogP contribution in [0.4, 0.5) is 10.2 Å². The average molecular weight is 366 g/mol. The van der Waals surface area contributed by atoms with Crippen LogP contribution in [0.3, 0.4) is 0 Å². The second-order valence-electron chi connectivity index (χ2n) is 7.18. The van der Waals surface area contributed by atoms with E-state index in [1.165, 1.54) is 6.07 Å². The molecule has 0 radical (unpaired) electrons. The highest BCUT2D eigenvalue weighted by atomic mass is 19.1. The molecule has 1 aliphatic heterocycles. The number of aromatic nitrogens is 3. The molecule has 0 fully saturated rings. The Bertz CT molecular complexity index is 991. The van der Waals surface area contributed by atoms with Crippen LogP contribution in [-0.2, 0) is 17.6 Å². The molecule has 0 spiro atoms. The van der Waals surface area contributed by atoms with Crippen molar-refractivity contribution in [2.75, 3.05) is 12.3 Å². The maximum Gasteiger partial charge on any atom is 0.126 e. The summed E-state index contributed by atoms with van der Waals surface area (Å²) in [5, 5.41) is 4.92. The molecule has 27 heavy (non-hydrogen) atoms. The largest absolute Gasteiger partial charge is 0.384 e. The Morgan fingerprint density at radius 2 is 2.04 bits per heavy atom. The number of benzene rings is 1. The number of nitrogen functional groups attached to an aromatic ring is 1. The predicted octanol–water partition coefficient (Wildman–Crippen LogP) is 3.78. The van der Waals surface area contributed by atoms with E-state index in [1.54, 1.807) is 13.0 Å². The van der Waals surface area contributed by atoms with Crippen LogP contribution < -0.4 is 5.73 Å². The Kier molecular flexibility index (Phi) is 4.44. The molecule has 4 rings (SSSR count). The number of nitrogens with zero attached hydrogens (tertiary/aromatic N) is 3. The van der Waals surface area contributed by atoms with Gasteiger partial charge in [-0.3, -0.25) is 0 Å². The number of hydrogen-bond acceptors (Lipinski definition) is 4. The number of rotatable bonds is 2. The summed E-state index contributed by atoms with van der Waals surface area (Å²) in [6.45, 7) is 6.40. The normalized spacial score (nSPS) is 16.8. The van der Waals surface area contributed by atoms with Gasteiger partial charge in [0.2, 0.25) is 0 Å². The van der Waals surface area contributed by atoms with E-state index in [9.17, 15) is 4.39 Å². The summed E-state index contributed by atoms with van der Waals surface area (Å²) in [5.74, 6) is 0.260. The lowest BCUT2D eigenvalue weighted by molar-refractivity contribution is 0.0735. The van der Waals surface area contributed by atoms with Crippen LogP contribution in [-0.4, -0.2) is 27.5 Å². The van der Waals surface area contributed by atoms with Crippen molar-refractivity contribution in [3.63, 3.8) is 0 Å². The van der Waals surface area contributed by atoms with Gasteiger partial charge in [-0.05, 0) is 63.1 Å². The molecule has 3 heterocycles. The van der Waals surface area contributed by atoms with E-state index in [-0.39, 0.29) is 11.9 Å². The van der Waals surface area contributed by atoms with Crippen LogP contribution in [0.1, 0.15) is 29.4 Å². The van der Waals surface area contributed by atoms with Crippen LogP contribution in [0.2, 0.25) is 0 Å². The Labute approximate surface area is 158 Å². The number of hydrogen-bond donors (Lipinski definition) is 1. The van der Waals surface area contributed by atoms with Gasteiger partial charge in [0.1, 0.15) is 11.6 Å². The van der Waals surface area contributed by atoms with Gasteiger partial charge in [0.05, 0.1) is 29.8 Å². The molecule has 0 amide bonds. The topological polar surface area (TPSA) is 66.0 Å². The summed E-state index contributed by atoms with van der Waals surface area (Å²) in [4.78, 5) is 4.27. The summed E-state index contributed by atoms with van der Waals surface area (Å²) in [6, 6.07) is 8.93. The van der Waals surface area contributed by atoms with E-state index in [0.29, 0.717) is 18.0 Å². The Balaban J connectivity index is 1.94. The number of ether oxygens (including phenoxy) is 1. The van der Waals surface area contributed by atoms with Crippen LogP contribution in [0, 0.1) is 19.7 Å². The minimum atomic E-state index is -0.216. The second-order valence-corrected chi connectivity index (χ2v) is 7.18. The van der Waals surface area contributed by atoms with Crippen molar-refractivity contribution in [2.45, 2.75) is 39.7 Å². The summed E-state index contributed by atoms with van der Waals surface area (Å²) >= 11 is 0. The van der Waals surface area contributed by atoms with Crippen molar-refractivity contribution in [3.8, 4) is 16.9 Å². The van der Waals surface area contributed by atoms with Crippen molar-refractivity contribution in [3.05, 3.63) is 58.7 Å². The van der Waals surface area contributed by atoms with Gasteiger partial charge < -0.3 is 10.5 Å². The van der Waals surface area contributed by atoms with Crippen molar-refractivity contribution in [1.82, 2.24) is 14.8 Å². The molecule has 3 aromatic rings. The van der Waals surface area contributed by atoms with Gasteiger partial charge in [0, 0.05) is 23.2 Å². The number of aryl methyl sites for hydroxylation is 2. The van der Waals surface area contributed by atoms with Crippen LogP contribution in [0.25, 0.3) is 16.9 Å². The Morgan fingerprint density at radius 1 is 1.22 bits per heavy atom. The number of pyridine rings is 1. The summed E-state index contributed by atoms with van der Waals surface area (Å²) < 4.78 is 21.6. The molecule has 0 bridgehead atoms. The highest BCUT2D eigenvalue weighted by Crippen LogP contribution is 2.32. The van der Waals surface area contributed by atoms with Gasteiger partial charge in [-0.2, -0.15) is 5.10 Å². The number of fused-ring (bicyclic) bond motifs is 1. The van der Waals surface area contributed by atoms with E-state index in [2.05, 4.69) is 11.9 Å². The molecule has 0 saturated carbocycles. The lowest BCUT2D eigenvalue weighted by atomic mass is 10.0. The quantitative estimate of drug-likeness (QED) is 0.750. The highest BCUT2D eigenvalue weighted by molar-refractivity contribution is 5.68. The monoisotopic (exact) mass is 366 g/mol. The first-order valence-corrected chi connectivity index (χ1v) is 9.16. The fraction of sp³-hybridized carbons (Fsp3) is 0.333. The molecule has 2 N–H and O–H groups in total. The molecule has 1 aromatic carbocycles. The fourth-order valence-corrected chi connectivity index (χ4v) is 3.69. The minimum Gasteiger partial charge on any atom is -0.384 e. The van der Waals surface area contributed by atoms with E-state index in [1.807, 2.05) is 29.8 Å². The third-order valence-electron chi connectivity index (χ3n) is 4.96. The maximum atomic E-state index is 13.8. The lowest BCUT2D eigenvalue weighted by Crippen LogP contribution is -2.13. The van der Waals surface area contributed by atoms with Gasteiger partial charge in [-0.1, -0.05) is 0 Å². The van der Waals surface area contributed by atoms with Crippen LogP contribution in [0.15, 0.2) is 30.3 Å². The minimum absolute atomic E-state index is 0.0975. The first kappa shape index (κ1) is 17.7. The fourth-order valence-electron chi connectivity index (χ4n) is 3.69. The zero-order valence-corrected chi connectivity index (χ0v) is 15.8. The van der Waals surface area contributed by atoms with Crippen molar-refractivity contribution in [1.29, 1.82) is 0 Å². The maximum absolute atomic E-state index is 13.8. The molecule has 6 heteroatoms. The average Bonchev–Trinajstić information content (AvgIpc) is 2.83.